The Morgan fingerprint density at radius 1 is 1.56 bits per heavy atom. The molecule has 1 fully saturated rings. The number of rotatable bonds is 2. The molecule has 2 N–H and O–H groups in total. The number of amides is 1. The van der Waals surface area contributed by atoms with Gasteiger partial charge >= 0.3 is 0 Å². The number of nitrogens with one attached hydrogen (secondary N) is 2. The average molecular weight is 315 g/mol. The molecule has 1 heterocycles. The van der Waals surface area contributed by atoms with Crippen molar-refractivity contribution in [2.75, 3.05) is 11.9 Å². The standard InChI is InChI=1S/C13H16BrFN2O/c1-8-4-5-16-12(6-8)13(18)17-11-7-9(14)2-3-10(11)15/h2-3,7-8,12,16H,4-6H2,1H3,(H,17,18). The number of anilines is 1. The Bertz CT molecular complexity index is 453. The molecular formula is C13H16BrFN2O. The second kappa shape index (κ2) is 5.80. The normalized spacial score (nSPS) is 23.7. The van der Waals surface area contributed by atoms with Crippen molar-refractivity contribution < 1.29 is 9.18 Å². The largest absolute Gasteiger partial charge is 0.322 e. The van der Waals surface area contributed by atoms with Crippen LogP contribution in [-0.2, 0) is 4.79 Å². The summed E-state index contributed by atoms with van der Waals surface area (Å²) in [7, 11) is 0. The molecular weight excluding hydrogens is 299 g/mol. The molecule has 1 aliphatic heterocycles. The van der Waals surface area contributed by atoms with E-state index in [-0.39, 0.29) is 17.6 Å². The number of carbonyl (C=O) groups excluding carboxylic acids is 1. The third-order valence-corrected chi connectivity index (χ3v) is 3.66. The van der Waals surface area contributed by atoms with Crippen molar-refractivity contribution in [2.45, 2.75) is 25.8 Å². The van der Waals surface area contributed by atoms with Gasteiger partial charge in [-0.1, -0.05) is 22.9 Å². The Morgan fingerprint density at radius 2 is 2.33 bits per heavy atom. The van der Waals surface area contributed by atoms with E-state index >= 15 is 0 Å². The van der Waals surface area contributed by atoms with Crippen molar-refractivity contribution in [2.24, 2.45) is 5.92 Å². The topological polar surface area (TPSA) is 41.1 Å². The van der Waals surface area contributed by atoms with Crippen molar-refractivity contribution in [3.05, 3.63) is 28.5 Å². The first-order chi connectivity index (χ1) is 8.56. The Labute approximate surface area is 114 Å². The first-order valence-electron chi connectivity index (χ1n) is 6.05. The van der Waals surface area contributed by atoms with Gasteiger partial charge in [0.25, 0.3) is 0 Å². The van der Waals surface area contributed by atoms with Crippen LogP contribution in [0.15, 0.2) is 22.7 Å². The SMILES string of the molecule is CC1CCNC(C(=O)Nc2cc(Br)ccc2F)C1. The van der Waals surface area contributed by atoms with Crippen molar-refractivity contribution >= 4 is 27.5 Å². The zero-order valence-electron chi connectivity index (χ0n) is 10.2. The molecule has 0 saturated carbocycles. The van der Waals surface area contributed by atoms with Crippen LogP contribution in [0.3, 0.4) is 0 Å². The molecule has 1 saturated heterocycles. The summed E-state index contributed by atoms with van der Waals surface area (Å²) in [5, 5.41) is 5.79. The first-order valence-corrected chi connectivity index (χ1v) is 6.85. The Balaban J connectivity index is 2.04. The molecule has 1 aliphatic rings. The molecule has 1 aromatic carbocycles. The molecule has 2 unspecified atom stereocenters. The van der Waals surface area contributed by atoms with Gasteiger partial charge < -0.3 is 10.6 Å². The molecule has 0 aromatic heterocycles. The fourth-order valence-electron chi connectivity index (χ4n) is 2.12. The zero-order valence-corrected chi connectivity index (χ0v) is 11.8. The van der Waals surface area contributed by atoms with Crippen LogP contribution in [0.25, 0.3) is 0 Å². The molecule has 0 aliphatic carbocycles. The molecule has 0 spiro atoms. The highest BCUT2D eigenvalue weighted by Gasteiger charge is 2.25. The van der Waals surface area contributed by atoms with Crippen LogP contribution >= 0.6 is 15.9 Å². The minimum Gasteiger partial charge on any atom is -0.322 e. The van der Waals surface area contributed by atoms with Crippen molar-refractivity contribution in [1.82, 2.24) is 5.32 Å². The number of hydrogen-bond donors (Lipinski definition) is 2. The first kappa shape index (κ1) is 13.5. The van der Waals surface area contributed by atoms with E-state index < -0.39 is 5.82 Å². The molecule has 5 heteroatoms. The maximum atomic E-state index is 13.5. The van der Waals surface area contributed by atoms with E-state index in [9.17, 15) is 9.18 Å². The smallest absolute Gasteiger partial charge is 0.241 e. The third kappa shape index (κ3) is 3.29. The van der Waals surface area contributed by atoms with E-state index in [1.165, 1.54) is 6.07 Å². The van der Waals surface area contributed by atoms with Crippen molar-refractivity contribution in [3.63, 3.8) is 0 Å². The molecule has 2 rings (SSSR count). The lowest BCUT2D eigenvalue weighted by Crippen LogP contribution is -2.45. The van der Waals surface area contributed by atoms with Crippen LogP contribution in [0.2, 0.25) is 0 Å². The third-order valence-electron chi connectivity index (χ3n) is 3.17. The van der Waals surface area contributed by atoms with Crippen LogP contribution in [0.1, 0.15) is 19.8 Å². The molecule has 0 radical (unpaired) electrons. The summed E-state index contributed by atoms with van der Waals surface area (Å²) in [6, 6.07) is 4.27. The molecule has 0 bridgehead atoms. The van der Waals surface area contributed by atoms with Crippen molar-refractivity contribution in [3.8, 4) is 0 Å². The number of piperidine rings is 1. The minimum absolute atomic E-state index is 0.168. The van der Waals surface area contributed by atoms with E-state index in [1.54, 1.807) is 12.1 Å². The second-order valence-corrected chi connectivity index (χ2v) is 5.67. The van der Waals surface area contributed by atoms with Crippen LogP contribution in [-0.4, -0.2) is 18.5 Å². The quantitative estimate of drug-likeness (QED) is 0.881. The fraction of sp³-hybridized carbons (Fsp3) is 0.462. The highest BCUT2D eigenvalue weighted by molar-refractivity contribution is 9.10. The van der Waals surface area contributed by atoms with E-state index in [1.807, 2.05) is 0 Å². The lowest BCUT2D eigenvalue weighted by molar-refractivity contribution is -0.119. The van der Waals surface area contributed by atoms with Gasteiger partial charge in [0, 0.05) is 4.47 Å². The monoisotopic (exact) mass is 314 g/mol. The lowest BCUT2D eigenvalue weighted by atomic mass is 9.94. The highest BCUT2D eigenvalue weighted by atomic mass is 79.9. The predicted molar refractivity (Wildman–Crippen MR) is 72.9 cm³/mol. The minimum atomic E-state index is -0.421. The van der Waals surface area contributed by atoms with Crippen LogP contribution < -0.4 is 10.6 Å². The summed E-state index contributed by atoms with van der Waals surface area (Å²) in [6.07, 6.45) is 1.87. The van der Waals surface area contributed by atoms with Gasteiger partial charge in [0.15, 0.2) is 0 Å². The number of benzene rings is 1. The summed E-state index contributed by atoms with van der Waals surface area (Å²) in [6.45, 7) is 2.96. The lowest BCUT2D eigenvalue weighted by Gasteiger charge is -2.27. The van der Waals surface area contributed by atoms with E-state index in [0.29, 0.717) is 5.92 Å². The predicted octanol–water partition coefficient (Wildman–Crippen LogP) is 2.91. The second-order valence-electron chi connectivity index (χ2n) is 4.75. The van der Waals surface area contributed by atoms with Gasteiger partial charge in [-0.05, 0) is 43.5 Å². The van der Waals surface area contributed by atoms with Crippen molar-refractivity contribution in [1.29, 1.82) is 0 Å². The highest BCUT2D eigenvalue weighted by Crippen LogP contribution is 2.21. The molecule has 18 heavy (non-hydrogen) atoms. The van der Waals surface area contributed by atoms with Gasteiger partial charge in [-0.2, -0.15) is 0 Å². The van der Waals surface area contributed by atoms with Gasteiger partial charge in [-0.25, -0.2) is 4.39 Å². The van der Waals surface area contributed by atoms with Gasteiger partial charge in [0.05, 0.1) is 11.7 Å². The number of carbonyl (C=O) groups is 1. The number of halogens is 2. The van der Waals surface area contributed by atoms with Crippen LogP contribution in [0, 0.1) is 11.7 Å². The van der Waals surface area contributed by atoms with E-state index in [0.717, 1.165) is 23.9 Å². The molecule has 98 valence electrons. The molecule has 1 aromatic rings. The Morgan fingerprint density at radius 3 is 3.06 bits per heavy atom. The molecule has 2 atom stereocenters. The van der Waals surface area contributed by atoms with Crippen LogP contribution in [0.5, 0.6) is 0 Å². The Hall–Kier alpha value is -0.940. The van der Waals surface area contributed by atoms with Gasteiger partial charge in [-0.3, -0.25) is 4.79 Å². The maximum absolute atomic E-state index is 13.5. The zero-order chi connectivity index (χ0) is 13.1. The molecule has 1 amide bonds. The number of hydrogen-bond acceptors (Lipinski definition) is 2. The van der Waals surface area contributed by atoms with E-state index in [4.69, 9.17) is 0 Å². The average Bonchev–Trinajstić information content (AvgIpc) is 2.34. The maximum Gasteiger partial charge on any atom is 0.241 e. The van der Waals surface area contributed by atoms with Gasteiger partial charge in [-0.15, -0.1) is 0 Å². The summed E-state index contributed by atoms with van der Waals surface area (Å²) >= 11 is 3.26. The summed E-state index contributed by atoms with van der Waals surface area (Å²) < 4.78 is 14.3. The Kier molecular flexibility index (Phi) is 4.35. The fourth-order valence-corrected chi connectivity index (χ4v) is 2.48. The molecule has 3 nitrogen and oxygen atoms in total. The van der Waals surface area contributed by atoms with Crippen LogP contribution in [0.4, 0.5) is 10.1 Å². The van der Waals surface area contributed by atoms with Gasteiger partial charge in [0.2, 0.25) is 5.91 Å². The van der Waals surface area contributed by atoms with E-state index in [2.05, 4.69) is 33.5 Å². The summed E-state index contributed by atoms with van der Waals surface area (Å²) in [4.78, 5) is 12.0. The summed E-state index contributed by atoms with van der Waals surface area (Å²) in [5.74, 6) is -0.0664. The van der Waals surface area contributed by atoms with Gasteiger partial charge in [0.1, 0.15) is 5.82 Å². The summed E-state index contributed by atoms with van der Waals surface area (Å²) in [5.41, 5.74) is 0.217.